The van der Waals surface area contributed by atoms with Gasteiger partial charge >= 0.3 is 5.97 Å². The van der Waals surface area contributed by atoms with E-state index in [9.17, 15) is 14.7 Å². The zero-order valence-corrected chi connectivity index (χ0v) is 14.9. The summed E-state index contributed by atoms with van der Waals surface area (Å²) in [7, 11) is 2.12. The van der Waals surface area contributed by atoms with Crippen molar-refractivity contribution in [2.45, 2.75) is 31.6 Å². The van der Waals surface area contributed by atoms with Gasteiger partial charge in [-0.2, -0.15) is 0 Å². The first-order chi connectivity index (χ1) is 11.6. The molecule has 1 aliphatic carbocycles. The van der Waals surface area contributed by atoms with Crippen LogP contribution in [0.25, 0.3) is 0 Å². The van der Waals surface area contributed by atoms with Crippen molar-refractivity contribution < 1.29 is 14.7 Å². The Morgan fingerprint density at radius 3 is 2.71 bits per heavy atom. The van der Waals surface area contributed by atoms with Crippen molar-refractivity contribution in [3.63, 3.8) is 0 Å². The van der Waals surface area contributed by atoms with Crippen molar-refractivity contribution in [3.05, 3.63) is 22.4 Å². The molecule has 1 aromatic heterocycles. The third-order valence-corrected chi connectivity index (χ3v) is 6.49. The van der Waals surface area contributed by atoms with Gasteiger partial charge in [0.2, 0.25) is 5.91 Å². The highest BCUT2D eigenvalue weighted by molar-refractivity contribution is 7.10. The molecule has 6 heteroatoms. The van der Waals surface area contributed by atoms with Crippen molar-refractivity contribution in [1.29, 1.82) is 0 Å². The van der Waals surface area contributed by atoms with Crippen LogP contribution in [0.15, 0.2) is 17.5 Å². The molecule has 24 heavy (non-hydrogen) atoms. The van der Waals surface area contributed by atoms with E-state index in [1.165, 1.54) is 4.88 Å². The number of hydrogen-bond donors (Lipinski definition) is 2. The molecule has 132 valence electrons. The molecule has 1 amide bonds. The van der Waals surface area contributed by atoms with Gasteiger partial charge in [0.1, 0.15) is 0 Å². The summed E-state index contributed by atoms with van der Waals surface area (Å²) in [6, 6.07) is 4.25. The smallest absolute Gasteiger partial charge is 0.307 e. The first-order valence-corrected chi connectivity index (χ1v) is 9.66. The molecule has 3 rings (SSSR count). The number of likely N-dealkylation sites (N-methyl/N-ethyl adjacent to an activating group) is 1. The lowest BCUT2D eigenvalue weighted by Crippen LogP contribution is -2.42. The summed E-state index contributed by atoms with van der Waals surface area (Å²) >= 11 is 1.78. The maximum absolute atomic E-state index is 12.6. The zero-order chi connectivity index (χ0) is 17.1. The summed E-state index contributed by atoms with van der Waals surface area (Å²) < 4.78 is 0. The summed E-state index contributed by atoms with van der Waals surface area (Å²) in [6.07, 6.45) is 3.18. The summed E-state index contributed by atoms with van der Waals surface area (Å²) in [5.74, 6) is -0.927. The van der Waals surface area contributed by atoms with E-state index in [1.807, 2.05) is 0 Å². The standard InChI is InChI=1S/C18H26N2O3S/c1-20-10-12(15(11-20)16-7-4-8-24-16)9-19-17(21)13-5-2-3-6-14(13)18(22)23/h4,7-8,12-15H,2-3,5-6,9-11H2,1H3,(H,19,21)(H,22,23). The highest BCUT2D eigenvalue weighted by atomic mass is 32.1. The molecule has 1 aliphatic heterocycles. The number of amides is 1. The Hall–Kier alpha value is -1.40. The maximum Gasteiger partial charge on any atom is 0.307 e. The summed E-state index contributed by atoms with van der Waals surface area (Å²) in [6.45, 7) is 2.62. The van der Waals surface area contributed by atoms with Gasteiger partial charge in [0, 0.05) is 30.4 Å². The Balaban J connectivity index is 1.59. The molecule has 0 aromatic carbocycles. The van der Waals surface area contributed by atoms with E-state index in [0.717, 1.165) is 25.9 Å². The molecule has 4 unspecified atom stereocenters. The van der Waals surface area contributed by atoms with E-state index >= 15 is 0 Å². The molecule has 2 aliphatic rings. The van der Waals surface area contributed by atoms with Gasteiger partial charge in [-0.3, -0.25) is 9.59 Å². The maximum atomic E-state index is 12.6. The van der Waals surface area contributed by atoms with Gasteiger partial charge in [0.25, 0.3) is 0 Å². The summed E-state index contributed by atoms with van der Waals surface area (Å²) in [5, 5.41) is 14.5. The molecular formula is C18H26N2O3S. The Morgan fingerprint density at radius 1 is 1.29 bits per heavy atom. The number of thiophene rings is 1. The fourth-order valence-corrected chi connectivity index (χ4v) is 5.13. The first-order valence-electron chi connectivity index (χ1n) is 8.78. The topological polar surface area (TPSA) is 69.6 Å². The van der Waals surface area contributed by atoms with Gasteiger partial charge < -0.3 is 15.3 Å². The van der Waals surface area contributed by atoms with Gasteiger partial charge in [-0.05, 0) is 37.3 Å². The molecule has 2 N–H and O–H groups in total. The number of likely N-dealkylation sites (tertiary alicyclic amines) is 1. The number of aliphatic carboxylic acids is 1. The number of hydrogen-bond acceptors (Lipinski definition) is 4. The molecule has 1 aromatic rings. The average Bonchev–Trinajstić information content (AvgIpc) is 3.21. The van der Waals surface area contributed by atoms with E-state index in [4.69, 9.17) is 0 Å². The van der Waals surface area contributed by atoms with Crippen molar-refractivity contribution in [3.8, 4) is 0 Å². The molecule has 1 saturated carbocycles. The average molecular weight is 350 g/mol. The van der Waals surface area contributed by atoms with Gasteiger partial charge in [-0.25, -0.2) is 0 Å². The number of nitrogens with zero attached hydrogens (tertiary/aromatic N) is 1. The molecular weight excluding hydrogens is 324 g/mol. The van der Waals surface area contributed by atoms with Crippen molar-refractivity contribution in [1.82, 2.24) is 10.2 Å². The lowest BCUT2D eigenvalue weighted by molar-refractivity contribution is -0.148. The van der Waals surface area contributed by atoms with Gasteiger partial charge in [0.05, 0.1) is 11.8 Å². The second-order valence-corrected chi connectivity index (χ2v) is 8.16. The first kappa shape index (κ1) is 17.4. The fraction of sp³-hybridized carbons (Fsp3) is 0.667. The second-order valence-electron chi connectivity index (χ2n) is 7.18. The van der Waals surface area contributed by atoms with E-state index in [0.29, 0.717) is 31.2 Å². The van der Waals surface area contributed by atoms with Crippen LogP contribution >= 0.6 is 11.3 Å². The van der Waals surface area contributed by atoms with E-state index in [2.05, 4.69) is 34.8 Å². The monoisotopic (exact) mass is 350 g/mol. The molecule has 5 nitrogen and oxygen atoms in total. The van der Waals surface area contributed by atoms with Crippen LogP contribution in [0.1, 0.15) is 36.5 Å². The molecule has 0 bridgehead atoms. The SMILES string of the molecule is CN1CC(CNC(=O)C2CCCCC2C(=O)O)C(c2cccs2)C1. The van der Waals surface area contributed by atoms with Gasteiger partial charge in [-0.15, -0.1) is 11.3 Å². The highest BCUT2D eigenvalue weighted by Gasteiger charge is 2.37. The number of carboxylic acid groups (broad SMARTS) is 1. The second kappa shape index (κ2) is 7.66. The minimum atomic E-state index is -0.827. The van der Waals surface area contributed by atoms with Crippen LogP contribution in [0, 0.1) is 17.8 Å². The predicted octanol–water partition coefficient (Wildman–Crippen LogP) is 2.40. The Labute approximate surface area is 147 Å². The normalized spacial score (nSPS) is 31.0. The van der Waals surface area contributed by atoms with Crippen LogP contribution in [-0.2, 0) is 9.59 Å². The third-order valence-electron chi connectivity index (χ3n) is 5.49. The lowest BCUT2D eigenvalue weighted by atomic mass is 9.78. The van der Waals surface area contributed by atoms with Crippen molar-refractivity contribution in [2.75, 3.05) is 26.7 Å². The predicted molar refractivity (Wildman–Crippen MR) is 94.1 cm³/mol. The fourth-order valence-electron chi connectivity index (χ4n) is 4.22. The Bertz CT molecular complexity index is 575. The number of carbonyl (C=O) groups excluding carboxylic acids is 1. The van der Waals surface area contributed by atoms with Crippen LogP contribution in [-0.4, -0.2) is 48.6 Å². The highest BCUT2D eigenvalue weighted by Crippen LogP contribution is 2.35. The van der Waals surface area contributed by atoms with E-state index in [-0.39, 0.29) is 11.8 Å². The van der Waals surface area contributed by atoms with E-state index in [1.54, 1.807) is 11.3 Å². The number of rotatable bonds is 5. The van der Waals surface area contributed by atoms with Crippen LogP contribution in [0.4, 0.5) is 0 Å². The summed E-state index contributed by atoms with van der Waals surface area (Å²) in [4.78, 5) is 27.6. The lowest BCUT2D eigenvalue weighted by Gasteiger charge is -2.28. The third kappa shape index (κ3) is 3.81. The number of nitrogens with one attached hydrogen (secondary N) is 1. The molecule has 0 radical (unpaired) electrons. The van der Waals surface area contributed by atoms with Crippen molar-refractivity contribution in [2.24, 2.45) is 17.8 Å². The molecule has 0 spiro atoms. The Kier molecular flexibility index (Phi) is 5.56. The Morgan fingerprint density at radius 2 is 2.04 bits per heavy atom. The molecule has 2 heterocycles. The zero-order valence-electron chi connectivity index (χ0n) is 14.1. The van der Waals surface area contributed by atoms with Crippen molar-refractivity contribution >= 4 is 23.2 Å². The summed E-state index contributed by atoms with van der Waals surface area (Å²) in [5.41, 5.74) is 0. The van der Waals surface area contributed by atoms with E-state index < -0.39 is 11.9 Å². The number of carbonyl (C=O) groups is 2. The van der Waals surface area contributed by atoms with Gasteiger partial charge in [-0.1, -0.05) is 18.9 Å². The number of carboxylic acids is 1. The van der Waals surface area contributed by atoms with Crippen LogP contribution in [0.3, 0.4) is 0 Å². The van der Waals surface area contributed by atoms with Crippen LogP contribution in [0.2, 0.25) is 0 Å². The minimum Gasteiger partial charge on any atom is -0.481 e. The quantitative estimate of drug-likeness (QED) is 0.855. The van der Waals surface area contributed by atoms with Crippen LogP contribution in [0.5, 0.6) is 0 Å². The largest absolute Gasteiger partial charge is 0.481 e. The molecule has 2 fully saturated rings. The minimum absolute atomic E-state index is 0.0680. The van der Waals surface area contributed by atoms with Gasteiger partial charge in [0.15, 0.2) is 0 Å². The van der Waals surface area contributed by atoms with Crippen LogP contribution < -0.4 is 5.32 Å². The molecule has 1 saturated heterocycles. The molecule has 4 atom stereocenters.